The predicted octanol–water partition coefficient (Wildman–Crippen LogP) is 3.79. The van der Waals surface area contributed by atoms with Gasteiger partial charge in [-0.2, -0.15) is 0 Å². The number of hydrogen-bond donors (Lipinski definition) is 1. The fourth-order valence-corrected chi connectivity index (χ4v) is 2.90. The summed E-state index contributed by atoms with van der Waals surface area (Å²) in [5.41, 5.74) is 0.164. The number of carbonyl (C=O) groups is 1. The number of carboxylic acids is 1. The zero-order valence-electron chi connectivity index (χ0n) is 15.4. The van der Waals surface area contributed by atoms with E-state index in [1.54, 1.807) is 14.2 Å². The smallest absolute Gasteiger partial charge is 0.310 e. The number of hydrogen-bond acceptors (Lipinski definition) is 4. The quantitative estimate of drug-likeness (QED) is 0.622. The number of aliphatic carboxylic acids is 1. The lowest BCUT2D eigenvalue weighted by molar-refractivity contribution is -0.152. The van der Waals surface area contributed by atoms with E-state index in [9.17, 15) is 9.90 Å². The molecule has 1 aromatic carbocycles. The van der Waals surface area contributed by atoms with E-state index < -0.39 is 11.4 Å². The summed E-state index contributed by atoms with van der Waals surface area (Å²) in [6.45, 7) is 7.01. The van der Waals surface area contributed by atoms with Crippen molar-refractivity contribution in [2.75, 3.05) is 27.4 Å². The van der Waals surface area contributed by atoms with Crippen molar-refractivity contribution in [2.24, 2.45) is 11.3 Å². The second-order valence-corrected chi connectivity index (χ2v) is 6.33. The van der Waals surface area contributed by atoms with Gasteiger partial charge in [-0.15, -0.1) is 0 Å². The predicted molar refractivity (Wildman–Crippen MR) is 93.9 cm³/mol. The summed E-state index contributed by atoms with van der Waals surface area (Å²) >= 11 is 0. The van der Waals surface area contributed by atoms with E-state index in [4.69, 9.17) is 14.2 Å². The van der Waals surface area contributed by atoms with E-state index in [2.05, 4.69) is 0 Å². The molecule has 1 N–H and O–H groups in total. The van der Waals surface area contributed by atoms with Crippen LogP contribution < -0.4 is 9.47 Å². The summed E-state index contributed by atoms with van der Waals surface area (Å²) in [4.78, 5) is 11.9. The molecule has 0 saturated carbocycles. The lowest BCUT2D eigenvalue weighted by Gasteiger charge is -2.32. The summed E-state index contributed by atoms with van der Waals surface area (Å²) < 4.78 is 16.1. The van der Waals surface area contributed by atoms with Gasteiger partial charge in [0.05, 0.1) is 19.1 Å². The van der Waals surface area contributed by atoms with Crippen molar-refractivity contribution in [3.63, 3.8) is 0 Å². The van der Waals surface area contributed by atoms with Crippen molar-refractivity contribution in [1.29, 1.82) is 0 Å². The molecule has 136 valence electrons. The Balaban J connectivity index is 3.01. The van der Waals surface area contributed by atoms with Crippen molar-refractivity contribution in [1.82, 2.24) is 0 Å². The van der Waals surface area contributed by atoms with Crippen molar-refractivity contribution < 1.29 is 24.1 Å². The first-order valence-corrected chi connectivity index (χ1v) is 8.43. The van der Waals surface area contributed by atoms with E-state index in [0.717, 1.165) is 12.0 Å². The van der Waals surface area contributed by atoms with Gasteiger partial charge in [-0.05, 0) is 36.5 Å². The first-order chi connectivity index (χ1) is 11.4. The zero-order chi connectivity index (χ0) is 18.2. The SMILES string of the molecule is CC[C@](Cc1ccc(OC)c(OCCCOC)c1)(C(=O)O)C(C)C. The Morgan fingerprint density at radius 2 is 1.92 bits per heavy atom. The Labute approximate surface area is 144 Å². The van der Waals surface area contributed by atoms with E-state index in [1.807, 2.05) is 39.0 Å². The number of carboxylic acid groups (broad SMARTS) is 1. The molecular weight excluding hydrogens is 308 g/mol. The lowest BCUT2D eigenvalue weighted by Crippen LogP contribution is -2.38. The van der Waals surface area contributed by atoms with Crippen LogP contribution in [0.25, 0.3) is 0 Å². The van der Waals surface area contributed by atoms with Crippen molar-refractivity contribution in [3.8, 4) is 11.5 Å². The molecule has 1 atom stereocenters. The van der Waals surface area contributed by atoms with Crippen LogP contribution in [0.15, 0.2) is 18.2 Å². The summed E-state index contributed by atoms with van der Waals surface area (Å²) in [7, 11) is 3.25. The van der Waals surface area contributed by atoms with Crippen LogP contribution in [-0.4, -0.2) is 38.5 Å². The third kappa shape index (κ3) is 4.87. The second-order valence-electron chi connectivity index (χ2n) is 6.33. The topological polar surface area (TPSA) is 65.0 Å². The minimum atomic E-state index is -0.776. The summed E-state index contributed by atoms with van der Waals surface area (Å²) in [5, 5.41) is 9.76. The van der Waals surface area contributed by atoms with Gasteiger partial charge in [-0.3, -0.25) is 4.79 Å². The molecule has 0 spiro atoms. The van der Waals surface area contributed by atoms with Gasteiger partial charge in [0.1, 0.15) is 0 Å². The molecule has 0 aliphatic carbocycles. The number of benzene rings is 1. The molecule has 5 heteroatoms. The van der Waals surface area contributed by atoms with Crippen LogP contribution in [0.2, 0.25) is 0 Å². The largest absolute Gasteiger partial charge is 0.493 e. The standard InChI is InChI=1S/C19H30O5/c1-6-19(14(2)3,18(20)21)13-15-8-9-16(23-5)17(12-15)24-11-7-10-22-4/h8-9,12,14H,6-7,10-11,13H2,1-5H3,(H,20,21)/t19-/m1/s1. The molecule has 0 heterocycles. The third-order valence-corrected chi connectivity index (χ3v) is 4.66. The van der Waals surface area contributed by atoms with Gasteiger partial charge in [0.25, 0.3) is 0 Å². The van der Waals surface area contributed by atoms with E-state index in [-0.39, 0.29) is 5.92 Å². The average Bonchev–Trinajstić information content (AvgIpc) is 2.56. The Morgan fingerprint density at radius 3 is 2.42 bits per heavy atom. The van der Waals surface area contributed by atoms with Gasteiger partial charge in [0.2, 0.25) is 0 Å². The van der Waals surface area contributed by atoms with Crippen LogP contribution in [0.5, 0.6) is 11.5 Å². The average molecular weight is 338 g/mol. The Morgan fingerprint density at radius 1 is 1.21 bits per heavy atom. The van der Waals surface area contributed by atoms with Gasteiger partial charge in [0, 0.05) is 20.1 Å². The highest BCUT2D eigenvalue weighted by atomic mass is 16.5. The van der Waals surface area contributed by atoms with Gasteiger partial charge in [-0.25, -0.2) is 0 Å². The minimum absolute atomic E-state index is 0.0353. The monoisotopic (exact) mass is 338 g/mol. The maximum atomic E-state index is 11.9. The number of rotatable bonds is 11. The molecule has 24 heavy (non-hydrogen) atoms. The fourth-order valence-electron chi connectivity index (χ4n) is 2.90. The molecule has 1 rings (SSSR count). The van der Waals surface area contributed by atoms with Gasteiger partial charge in [-0.1, -0.05) is 26.8 Å². The van der Waals surface area contributed by atoms with Crippen LogP contribution in [0.4, 0.5) is 0 Å². The molecule has 0 aromatic heterocycles. The minimum Gasteiger partial charge on any atom is -0.493 e. The third-order valence-electron chi connectivity index (χ3n) is 4.66. The summed E-state index contributed by atoms with van der Waals surface area (Å²) in [5.74, 6) is 0.579. The Hall–Kier alpha value is -1.75. The summed E-state index contributed by atoms with van der Waals surface area (Å²) in [6.07, 6.45) is 1.83. The van der Waals surface area contributed by atoms with Crippen LogP contribution >= 0.6 is 0 Å². The zero-order valence-corrected chi connectivity index (χ0v) is 15.4. The second kappa shape index (κ2) is 9.52. The van der Waals surface area contributed by atoms with E-state index >= 15 is 0 Å². The lowest BCUT2D eigenvalue weighted by atomic mass is 9.71. The number of methoxy groups -OCH3 is 2. The molecule has 0 bridgehead atoms. The highest BCUT2D eigenvalue weighted by molar-refractivity contribution is 5.75. The maximum absolute atomic E-state index is 11.9. The fraction of sp³-hybridized carbons (Fsp3) is 0.632. The first kappa shape index (κ1) is 20.3. The van der Waals surface area contributed by atoms with Crippen molar-refractivity contribution >= 4 is 5.97 Å². The molecule has 0 aliphatic rings. The molecular formula is C19H30O5. The van der Waals surface area contributed by atoms with E-state index in [0.29, 0.717) is 37.6 Å². The van der Waals surface area contributed by atoms with Gasteiger partial charge < -0.3 is 19.3 Å². The molecule has 0 fully saturated rings. The van der Waals surface area contributed by atoms with Gasteiger partial charge >= 0.3 is 5.97 Å². The Kier molecular flexibility index (Phi) is 8.05. The molecule has 5 nitrogen and oxygen atoms in total. The molecule has 0 aliphatic heterocycles. The molecule has 0 amide bonds. The van der Waals surface area contributed by atoms with Crippen LogP contribution in [-0.2, 0) is 16.0 Å². The highest BCUT2D eigenvalue weighted by Gasteiger charge is 2.40. The normalized spacial score (nSPS) is 13.6. The molecule has 0 radical (unpaired) electrons. The molecule has 0 unspecified atom stereocenters. The number of ether oxygens (including phenoxy) is 3. The van der Waals surface area contributed by atoms with Crippen LogP contribution in [0.3, 0.4) is 0 Å². The maximum Gasteiger partial charge on any atom is 0.310 e. The van der Waals surface area contributed by atoms with Crippen LogP contribution in [0, 0.1) is 11.3 Å². The van der Waals surface area contributed by atoms with Crippen LogP contribution in [0.1, 0.15) is 39.2 Å². The van der Waals surface area contributed by atoms with Crippen molar-refractivity contribution in [3.05, 3.63) is 23.8 Å². The van der Waals surface area contributed by atoms with Crippen molar-refractivity contribution in [2.45, 2.75) is 40.0 Å². The Bertz CT molecular complexity index is 526. The highest BCUT2D eigenvalue weighted by Crippen LogP contribution is 2.38. The van der Waals surface area contributed by atoms with E-state index in [1.165, 1.54) is 0 Å². The molecule has 0 saturated heterocycles. The summed E-state index contributed by atoms with van der Waals surface area (Å²) in [6, 6.07) is 5.64. The first-order valence-electron chi connectivity index (χ1n) is 8.43. The molecule has 1 aromatic rings. The van der Waals surface area contributed by atoms with Gasteiger partial charge in [0.15, 0.2) is 11.5 Å².